The predicted octanol–water partition coefficient (Wildman–Crippen LogP) is -0.395. The summed E-state index contributed by atoms with van der Waals surface area (Å²) in [7, 11) is 4.21. The SMILES string of the molecule is C[NH+](C)CCOc1cccnc1. The Morgan fingerprint density at radius 3 is 2.92 bits per heavy atom. The number of ether oxygens (including phenoxy) is 1. The number of rotatable bonds is 4. The summed E-state index contributed by atoms with van der Waals surface area (Å²) in [5.74, 6) is 0.846. The Labute approximate surface area is 73.0 Å². The molecule has 66 valence electrons. The Bertz CT molecular complexity index is 211. The molecular formula is C9H15N2O+. The van der Waals surface area contributed by atoms with Crippen molar-refractivity contribution in [1.82, 2.24) is 4.98 Å². The number of quaternary nitrogens is 1. The Morgan fingerprint density at radius 2 is 2.33 bits per heavy atom. The molecule has 0 amide bonds. The van der Waals surface area contributed by atoms with Crippen molar-refractivity contribution in [2.75, 3.05) is 27.2 Å². The molecule has 1 aromatic rings. The summed E-state index contributed by atoms with van der Waals surface area (Å²) in [6, 6.07) is 3.79. The average Bonchev–Trinajstić information content (AvgIpc) is 2.05. The summed E-state index contributed by atoms with van der Waals surface area (Å²) in [5, 5.41) is 0. The van der Waals surface area contributed by atoms with Gasteiger partial charge in [-0.25, -0.2) is 0 Å². The van der Waals surface area contributed by atoms with Crippen molar-refractivity contribution in [3.8, 4) is 5.75 Å². The zero-order chi connectivity index (χ0) is 8.81. The molecule has 0 aliphatic rings. The molecule has 1 N–H and O–H groups in total. The van der Waals surface area contributed by atoms with E-state index in [1.165, 1.54) is 4.90 Å². The van der Waals surface area contributed by atoms with Gasteiger partial charge in [0.15, 0.2) is 0 Å². The largest absolute Gasteiger partial charge is 0.486 e. The third-order valence-electron chi connectivity index (χ3n) is 1.51. The van der Waals surface area contributed by atoms with Gasteiger partial charge in [-0.3, -0.25) is 4.98 Å². The summed E-state index contributed by atoms with van der Waals surface area (Å²) in [5.41, 5.74) is 0. The van der Waals surface area contributed by atoms with Crippen LogP contribution in [0.1, 0.15) is 0 Å². The van der Waals surface area contributed by atoms with E-state index in [0.29, 0.717) is 0 Å². The third kappa shape index (κ3) is 3.34. The van der Waals surface area contributed by atoms with Crippen LogP contribution < -0.4 is 9.64 Å². The lowest BCUT2D eigenvalue weighted by Crippen LogP contribution is -3.06. The highest BCUT2D eigenvalue weighted by Gasteiger charge is 1.94. The molecule has 3 nitrogen and oxygen atoms in total. The first-order chi connectivity index (χ1) is 5.79. The predicted molar refractivity (Wildman–Crippen MR) is 47.4 cm³/mol. The van der Waals surface area contributed by atoms with Crippen LogP contribution in [0.4, 0.5) is 0 Å². The van der Waals surface area contributed by atoms with Crippen molar-refractivity contribution >= 4 is 0 Å². The lowest BCUT2D eigenvalue weighted by atomic mass is 10.5. The maximum atomic E-state index is 5.43. The van der Waals surface area contributed by atoms with Gasteiger partial charge in [0.1, 0.15) is 18.9 Å². The second kappa shape index (κ2) is 4.72. The minimum absolute atomic E-state index is 0.744. The number of nitrogens with zero attached hydrogens (tertiary/aromatic N) is 1. The summed E-state index contributed by atoms with van der Waals surface area (Å²) < 4.78 is 5.43. The first-order valence-corrected chi connectivity index (χ1v) is 4.11. The van der Waals surface area contributed by atoms with Crippen molar-refractivity contribution in [2.45, 2.75) is 0 Å². The van der Waals surface area contributed by atoms with Gasteiger partial charge >= 0.3 is 0 Å². The van der Waals surface area contributed by atoms with E-state index in [2.05, 4.69) is 19.1 Å². The highest BCUT2D eigenvalue weighted by atomic mass is 16.5. The van der Waals surface area contributed by atoms with Gasteiger partial charge in [0.05, 0.1) is 20.3 Å². The Morgan fingerprint density at radius 1 is 1.50 bits per heavy atom. The highest BCUT2D eigenvalue weighted by molar-refractivity contribution is 5.15. The van der Waals surface area contributed by atoms with E-state index in [9.17, 15) is 0 Å². The van der Waals surface area contributed by atoms with E-state index in [1.54, 1.807) is 12.4 Å². The summed E-state index contributed by atoms with van der Waals surface area (Å²) in [6.45, 7) is 1.75. The lowest BCUT2D eigenvalue weighted by molar-refractivity contribution is -0.858. The molecule has 0 fully saturated rings. The van der Waals surface area contributed by atoms with Gasteiger partial charge in [0.25, 0.3) is 0 Å². The topological polar surface area (TPSA) is 26.6 Å². The van der Waals surface area contributed by atoms with Crippen LogP contribution >= 0.6 is 0 Å². The zero-order valence-electron chi connectivity index (χ0n) is 7.58. The molecule has 0 unspecified atom stereocenters. The normalized spacial score (nSPS) is 10.2. The van der Waals surface area contributed by atoms with Crippen LogP contribution in [0.15, 0.2) is 24.5 Å². The van der Waals surface area contributed by atoms with E-state index in [1.807, 2.05) is 12.1 Å². The Balaban J connectivity index is 2.25. The Hall–Kier alpha value is -1.09. The molecule has 0 bridgehead atoms. The lowest BCUT2D eigenvalue weighted by Gasteiger charge is -2.08. The molecule has 0 saturated heterocycles. The summed E-state index contributed by atoms with van der Waals surface area (Å²) in [4.78, 5) is 5.34. The van der Waals surface area contributed by atoms with Crippen LogP contribution in [-0.2, 0) is 0 Å². The minimum Gasteiger partial charge on any atom is -0.486 e. The number of hydrogen-bond acceptors (Lipinski definition) is 2. The maximum Gasteiger partial charge on any atom is 0.137 e. The van der Waals surface area contributed by atoms with Crippen molar-refractivity contribution in [1.29, 1.82) is 0 Å². The van der Waals surface area contributed by atoms with E-state index < -0.39 is 0 Å². The van der Waals surface area contributed by atoms with Crippen LogP contribution in [-0.4, -0.2) is 32.2 Å². The van der Waals surface area contributed by atoms with Crippen molar-refractivity contribution in [3.63, 3.8) is 0 Å². The first-order valence-electron chi connectivity index (χ1n) is 4.11. The van der Waals surface area contributed by atoms with Gasteiger partial charge in [0, 0.05) is 6.20 Å². The fourth-order valence-corrected chi connectivity index (χ4v) is 0.805. The molecule has 0 radical (unpaired) electrons. The molecule has 1 aromatic heterocycles. The molecule has 0 aromatic carbocycles. The molecule has 1 rings (SSSR count). The molecule has 0 aliphatic carbocycles. The maximum absolute atomic E-state index is 5.43. The molecule has 3 heteroatoms. The van der Waals surface area contributed by atoms with Gasteiger partial charge in [-0.2, -0.15) is 0 Å². The third-order valence-corrected chi connectivity index (χ3v) is 1.51. The first kappa shape index (κ1) is 9.00. The number of likely N-dealkylation sites (N-methyl/N-ethyl adjacent to an activating group) is 1. The number of pyridine rings is 1. The smallest absolute Gasteiger partial charge is 0.137 e. The number of aromatic nitrogens is 1. The summed E-state index contributed by atoms with van der Waals surface area (Å²) >= 11 is 0. The van der Waals surface area contributed by atoms with Gasteiger partial charge in [-0.15, -0.1) is 0 Å². The van der Waals surface area contributed by atoms with Gasteiger partial charge in [0.2, 0.25) is 0 Å². The molecule has 0 aliphatic heterocycles. The van der Waals surface area contributed by atoms with Gasteiger partial charge in [-0.05, 0) is 12.1 Å². The van der Waals surface area contributed by atoms with Gasteiger partial charge in [-0.1, -0.05) is 0 Å². The van der Waals surface area contributed by atoms with E-state index in [0.717, 1.165) is 18.9 Å². The van der Waals surface area contributed by atoms with Crippen molar-refractivity contribution in [3.05, 3.63) is 24.5 Å². The fraction of sp³-hybridized carbons (Fsp3) is 0.444. The van der Waals surface area contributed by atoms with Crippen LogP contribution in [0.2, 0.25) is 0 Å². The minimum atomic E-state index is 0.744. The van der Waals surface area contributed by atoms with E-state index in [4.69, 9.17) is 4.74 Å². The summed E-state index contributed by atoms with van der Waals surface area (Å²) in [6.07, 6.45) is 3.47. The standard InChI is InChI=1S/C9H14N2O/c1-11(2)6-7-12-9-4-3-5-10-8-9/h3-5,8H,6-7H2,1-2H3/p+1. The molecule has 1 heterocycles. The van der Waals surface area contributed by atoms with E-state index in [-0.39, 0.29) is 0 Å². The second-order valence-electron chi connectivity index (χ2n) is 2.99. The molecule has 12 heavy (non-hydrogen) atoms. The highest BCUT2D eigenvalue weighted by Crippen LogP contribution is 2.04. The zero-order valence-corrected chi connectivity index (χ0v) is 7.58. The average molecular weight is 167 g/mol. The van der Waals surface area contributed by atoms with Crippen LogP contribution in [0.3, 0.4) is 0 Å². The quantitative estimate of drug-likeness (QED) is 0.661. The van der Waals surface area contributed by atoms with E-state index >= 15 is 0 Å². The monoisotopic (exact) mass is 167 g/mol. The van der Waals surface area contributed by atoms with Crippen LogP contribution in [0.5, 0.6) is 5.75 Å². The van der Waals surface area contributed by atoms with Crippen molar-refractivity contribution < 1.29 is 9.64 Å². The Kier molecular flexibility index (Phi) is 3.54. The van der Waals surface area contributed by atoms with Crippen molar-refractivity contribution in [2.24, 2.45) is 0 Å². The molecule has 0 spiro atoms. The molecule has 0 saturated carbocycles. The molecular weight excluding hydrogens is 152 g/mol. The fourth-order valence-electron chi connectivity index (χ4n) is 0.805. The number of hydrogen-bond donors (Lipinski definition) is 1. The van der Waals surface area contributed by atoms with Crippen LogP contribution in [0, 0.1) is 0 Å². The van der Waals surface area contributed by atoms with Gasteiger partial charge < -0.3 is 9.64 Å². The molecule has 0 atom stereocenters. The van der Waals surface area contributed by atoms with Crippen LogP contribution in [0.25, 0.3) is 0 Å². The number of nitrogens with one attached hydrogen (secondary N) is 1. The second-order valence-corrected chi connectivity index (χ2v) is 2.99.